The molecule has 19 heteroatoms. The second-order valence-electron chi connectivity index (χ2n) is 13.2. The van der Waals surface area contributed by atoms with E-state index in [9.17, 15) is 39.0 Å². The van der Waals surface area contributed by atoms with Crippen LogP contribution in [0.2, 0.25) is 0 Å². The molecule has 0 saturated heterocycles. The molecule has 0 aliphatic carbocycles. The zero-order valence-corrected chi connectivity index (χ0v) is 31.4. The Labute approximate surface area is 310 Å². The number of ether oxygens (including phenoxy) is 1. The Balaban J connectivity index is 2.09. The van der Waals surface area contributed by atoms with Crippen molar-refractivity contribution in [1.29, 1.82) is 0 Å². The van der Waals surface area contributed by atoms with E-state index < -0.39 is 77.6 Å². The molecule has 1 heterocycles. The van der Waals surface area contributed by atoms with Crippen molar-refractivity contribution in [3.8, 4) is 0 Å². The Morgan fingerprint density at radius 3 is 2.17 bits per heavy atom. The van der Waals surface area contributed by atoms with Crippen LogP contribution in [0.3, 0.4) is 0 Å². The first-order valence-corrected chi connectivity index (χ1v) is 19.3. The van der Waals surface area contributed by atoms with Crippen molar-refractivity contribution in [2.45, 2.75) is 102 Å². The molecule has 0 fully saturated rings. The number of para-hydroxylation sites is 1. The summed E-state index contributed by atoms with van der Waals surface area (Å²) in [6, 6.07) is 1.39. The summed E-state index contributed by atoms with van der Waals surface area (Å²) < 4.78 is 5.22. The van der Waals surface area contributed by atoms with Gasteiger partial charge in [0, 0.05) is 35.2 Å². The molecule has 0 saturated carbocycles. The van der Waals surface area contributed by atoms with Crippen LogP contribution in [0.1, 0.15) is 58.9 Å². The Morgan fingerprint density at radius 2 is 1.54 bits per heavy atom. The Bertz CT molecular complexity index is 1520. The molecule has 0 unspecified atom stereocenters. The molecule has 0 radical (unpaired) electrons. The molecule has 1 aromatic carbocycles. The number of carboxylic acid groups (broad SMARTS) is 1. The van der Waals surface area contributed by atoms with Crippen molar-refractivity contribution >= 4 is 68.2 Å². The normalized spacial score (nSPS) is 15.0. The summed E-state index contributed by atoms with van der Waals surface area (Å²) in [5, 5.41) is 31.1. The van der Waals surface area contributed by atoms with Crippen LogP contribution in [0.5, 0.6) is 0 Å². The lowest BCUT2D eigenvalue weighted by molar-refractivity contribution is -0.142. The maximum atomic E-state index is 13.6. The third kappa shape index (κ3) is 15.7. The predicted molar refractivity (Wildman–Crippen MR) is 200 cm³/mol. The number of aromatic nitrogens is 1. The van der Waals surface area contributed by atoms with Gasteiger partial charge in [-0.25, -0.2) is 9.59 Å². The van der Waals surface area contributed by atoms with Crippen LogP contribution >= 0.6 is 21.6 Å². The van der Waals surface area contributed by atoms with E-state index in [0.29, 0.717) is 25.8 Å². The summed E-state index contributed by atoms with van der Waals surface area (Å²) in [4.78, 5) is 78.2. The summed E-state index contributed by atoms with van der Waals surface area (Å²) in [5.41, 5.74) is 18.0. The maximum Gasteiger partial charge on any atom is 0.407 e. The van der Waals surface area contributed by atoms with Crippen molar-refractivity contribution in [1.82, 2.24) is 26.3 Å². The smallest absolute Gasteiger partial charge is 0.407 e. The number of aromatic amines is 1. The van der Waals surface area contributed by atoms with Gasteiger partial charge in [-0.05, 0) is 58.6 Å². The molecule has 17 nitrogen and oxygen atoms in total. The van der Waals surface area contributed by atoms with Gasteiger partial charge in [0.2, 0.25) is 23.6 Å². The van der Waals surface area contributed by atoms with E-state index >= 15 is 0 Å². The average Bonchev–Trinajstić information content (AvgIpc) is 3.46. The highest BCUT2D eigenvalue weighted by molar-refractivity contribution is 8.76. The first-order chi connectivity index (χ1) is 24.4. The number of hydrogen-bond acceptors (Lipinski definition) is 12. The molecular formula is C33H52N8O9S2. The lowest BCUT2D eigenvalue weighted by Crippen LogP contribution is -2.60. The monoisotopic (exact) mass is 768 g/mol. The molecule has 2 rings (SSSR count). The van der Waals surface area contributed by atoms with Crippen molar-refractivity contribution < 1.29 is 43.7 Å². The molecule has 6 atom stereocenters. The number of unbranched alkanes of at least 4 members (excludes halogenated alkanes) is 2. The summed E-state index contributed by atoms with van der Waals surface area (Å²) >= 11 is 0. The number of benzene rings is 1. The molecular weight excluding hydrogens is 717 g/mol. The number of primary amides is 1. The van der Waals surface area contributed by atoms with Gasteiger partial charge in [-0.1, -0.05) is 52.6 Å². The van der Waals surface area contributed by atoms with Crippen LogP contribution in [0.15, 0.2) is 30.5 Å². The number of carboxylic acids is 1. The zero-order chi connectivity index (χ0) is 39.0. The molecule has 1 aromatic heterocycles. The zero-order valence-electron chi connectivity index (χ0n) is 29.8. The van der Waals surface area contributed by atoms with E-state index in [0.717, 1.165) is 38.1 Å². The maximum absolute atomic E-state index is 13.6. The number of aliphatic carboxylic acids is 1. The van der Waals surface area contributed by atoms with Gasteiger partial charge in [0.1, 0.15) is 23.7 Å². The molecule has 52 heavy (non-hydrogen) atoms. The lowest BCUT2D eigenvalue weighted by atomic mass is 10.0. The number of H-pyrrole nitrogens is 1. The van der Waals surface area contributed by atoms with Crippen molar-refractivity contribution in [2.24, 2.45) is 17.2 Å². The highest BCUT2D eigenvalue weighted by Crippen LogP contribution is 2.23. The van der Waals surface area contributed by atoms with Crippen LogP contribution < -0.4 is 38.5 Å². The number of fused-ring (bicyclic) bond motifs is 1. The molecule has 0 aliphatic heterocycles. The Kier molecular flexibility index (Phi) is 18.2. The fourth-order valence-corrected chi connectivity index (χ4v) is 7.04. The first kappa shape index (κ1) is 44.1. The number of hydrogen-bond donors (Lipinski definition) is 10. The number of nitrogens with one attached hydrogen (secondary N) is 5. The molecule has 2 aromatic rings. The van der Waals surface area contributed by atoms with Gasteiger partial charge in [0.05, 0.1) is 18.2 Å². The van der Waals surface area contributed by atoms with Gasteiger partial charge in [-0.3, -0.25) is 19.2 Å². The number of aliphatic hydroxyl groups is 1. The number of carbonyl (C=O) groups excluding carboxylic acids is 5. The van der Waals surface area contributed by atoms with Crippen LogP contribution in [0.25, 0.3) is 10.9 Å². The topological polar surface area (TPSA) is 294 Å². The fourth-order valence-electron chi connectivity index (χ4n) is 4.75. The van der Waals surface area contributed by atoms with Gasteiger partial charge < -0.3 is 58.4 Å². The van der Waals surface area contributed by atoms with Gasteiger partial charge in [0.25, 0.3) is 0 Å². The van der Waals surface area contributed by atoms with E-state index in [1.165, 1.54) is 6.92 Å². The number of amides is 5. The number of carbonyl (C=O) groups is 6. The van der Waals surface area contributed by atoms with Crippen LogP contribution in [0.4, 0.5) is 4.79 Å². The molecule has 290 valence electrons. The minimum absolute atomic E-state index is 0.117. The lowest BCUT2D eigenvalue weighted by Gasteiger charge is -2.26. The average molecular weight is 769 g/mol. The van der Waals surface area contributed by atoms with Gasteiger partial charge in [-0.2, -0.15) is 0 Å². The quantitative estimate of drug-likeness (QED) is 0.0568. The van der Waals surface area contributed by atoms with E-state index in [1.54, 1.807) is 27.0 Å². The van der Waals surface area contributed by atoms with Crippen LogP contribution in [0, 0.1) is 0 Å². The minimum Gasteiger partial charge on any atom is -0.480 e. The largest absolute Gasteiger partial charge is 0.480 e. The highest BCUT2D eigenvalue weighted by Gasteiger charge is 2.33. The third-order valence-corrected chi connectivity index (χ3v) is 9.98. The molecule has 13 N–H and O–H groups in total. The van der Waals surface area contributed by atoms with Gasteiger partial charge >= 0.3 is 12.1 Å². The van der Waals surface area contributed by atoms with Crippen molar-refractivity contribution in [2.75, 3.05) is 18.1 Å². The fraction of sp³-hybridized carbons (Fsp3) is 0.576. The van der Waals surface area contributed by atoms with Crippen LogP contribution in [-0.4, -0.2) is 111 Å². The van der Waals surface area contributed by atoms with E-state index in [1.807, 2.05) is 24.3 Å². The highest BCUT2D eigenvalue weighted by atomic mass is 33.1. The van der Waals surface area contributed by atoms with Gasteiger partial charge in [0.15, 0.2) is 0 Å². The van der Waals surface area contributed by atoms with Gasteiger partial charge in [-0.15, -0.1) is 0 Å². The molecule has 0 aliphatic rings. The second kappa shape index (κ2) is 21.5. The summed E-state index contributed by atoms with van der Waals surface area (Å²) in [6.07, 6.45) is 1.56. The first-order valence-electron chi connectivity index (χ1n) is 16.8. The molecule has 5 amide bonds. The Morgan fingerprint density at radius 1 is 0.885 bits per heavy atom. The van der Waals surface area contributed by atoms with E-state index in [2.05, 4.69) is 26.3 Å². The van der Waals surface area contributed by atoms with Crippen molar-refractivity contribution in [3.05, 3.63) is 36.0 Å². The third-order valence-electron chi connectivity index (χ3n) is 7.53. The Hall–Kier alpha value is -4.04. The standard InChI is InChI=1S/C33H52N8O9S2/c1-18(42)26(30(46)40-25(31(47)48)17-52-51-16-22(35)27(36)43)41-29(45)24(12-6-5-9-13-37-32(49)50-33(2,3)4)39-28(44)21(34)14-19-15-38-23-11-8-7-10-20(19)23/h7-8,10-11,15,18,21-22,24-26,38,42H,5-6,9,12-14,16-17,34-35H2,1-4H3,(H2,36,43)(H,37,49)(H,39,44)(H,40,46)(H,41,45)(H,47,48)/t18-,21-,22+,24+,25+,26+/m1/s1. The number of alkyl carbamates (subject to hydrolysis) is 1. The number of aliphatic hydroxyl groups excluding tert-OH is 1. The van der Waals surface area contributed by atoms with Crippen molar-refractivity contribution in [3.63, 3.8) is 0 Å². The second-order valence-corrected chi connectivity index (χ2v) is 15.8. The minimum atomic E-state index is -1.58. The SMILES string of the molecule is C[C@@H](O)[C@H](NC(=O)[C@H](CCCCCNC(=O)OC(C)(C)C)NC(=O)[C@H](N)Cc1c[nH]c2ccccc12)C(=O)N[C@@H](CSSC[C@H](N)C(N)=O)C(=O)O. The summed E-state index contributed by atoms with van der Waals surface area (Å²) in [6.45, 7) is 6.82. The number of rotatable bonds is 22. The summed E-state index contributed by atoms with van der Waals surface area (Å²) in [7, 11) is 2.13. The number of nitrogens with two attached hydrogens (primary N) is 3. The summed E-state index contributed by atoms with van der Waals surface area (Å²) in [5.74, 6) is -4.48. The molecule has 0 spiro atoms. The van der Waals surface area contributed by atoms with Crippen LogP contribution in [-0.2, 0) is 35.1 Å². The van der Waals surface area contributed by atoms with E-state index in [-0.39, 0.29) is 24.3 Å². The molecule has 0 bridgehead atoms. The predicted octanol–water partition coefficient (Wildman–Crippen LogP) is 0.237. The van der Waals surface area contributed by atoms with E-state index in [4.69, 9.17) is 21.9 Å².